The van der Waals surface area contributed by atoms with Gasteiger partial charge in [-0.15, -0.1) is 11.3 Å². The van der Waals surface area contributed by atoms with Crippen LogP contribution in [-0.4, -0.2) is 18.6 Å². The minimum atomic E-state index is 0.806. The molecular formula is C18H24N2S. The van der Waals surface area contributed by atoms with Gasteiger partial charge in [0.25, 0.3) is 0 Å². The van der Waals surface area contributed by atoms with E-state index in [4.69, 9.17) is 4.98 Å². The van der Waals surface area contributed by atoms with E-state index in [1.165, 1.54) is 36.3 Å². The van der Waals surface area contributed by atoms with Gasteiger partial charge in [-0.05, 0) is 38.3 Å². The number of aromatic nitrogens is 1. The SMILES string of the molecule is CNCC1CCCCC1Cc1nc(-c2ccccc2)cs1. The Labute approximate surface area is 131 Å². The van der Waals surface area contributed by atoms with Crippen LogP contribution in [0.25, 0.3) is 11.3 Å². The summed E-state index contributed by atoms with van der Waals surface area (Å²) in [5.41, 5.74) is 2.37. The number of hydrogen-bond acceptors (Lipinski definition) is 3. The van der Waals surface area contributed by atoms with Crippen LogP contribution >= 0.6 is 11.3 Å². The summed E-state index contributed by atoms with van der Waals surface area (Å²) in [6.45, 7) is 1.15. The standard InChI is InChI=1S/C18H24N2S/c1-19-12-16-10-6-5-9-15(16)11-18-20-17(13-21-18)14-7-3-2-4-8-14/h2-4,7-8,13,15-16,19H,5-6,9-12H2,1H3. The van der Waals surface area contributed by atoms with Crippen LogP contribution in [0.3, 0.4) is 0 Å². The first-order chi connectivity index (χ1) is 10.4. The van der Waals surface area contributed by atoms with Gasteiger partial charge < -0.3 is 5.32 Å². The molecule has 0 amide bonds. The van der Waals surface area contributed by atoms with E-state index in [0.29, 0.717) is 0 Å². The Balaban J connectivity index is 1.69. The van der Waals surface area contributed by atoms with Crippen molar-refractivity contribution in [1.82, 2.24) is 10.3 Å². The maximum absolute atomic E-state index is 4.87. The number of thiazole rings is 1. The Morgan fingerprint density at radius 3 is 2.67 bits per heavy atom. The molecule has 2 atom stereocenters. The van der Waals surface area contributed by atoms with Crippen molar-refractivity contribution in [1.29, 1.82) is 0 Å². The Bertz CT molecular complexity index is 547. The van der Waals surface area contributed by atoms with Crippen LogP contribution < -0.4 is 5.32 Å². The van der Waals surface area contributed by atoms with Gasteiger partial charge in [0.2, 0.25) is 0 Å². The van der Waals surface area contributed by atoms with Gasteiger partial charge in [-0.2, -0.15) is 0 Å². The van der Waals surface area contributed by atoms with Crippen LogP contribution in [0.4, 0.5) is 0 Å². The van der Waals surface area contributed by atoms with Crippen LogP contribution in [-0.2, 0) is 6.42 Å². The third-order valence-corrected chi connectivity index (χ3v) is 5.46. The quantitative estimate of drug-likeness (QED) is 0.886. The first-order valence-electron chi connectivity index (χ1n) is 8.01. The van der Waals surface area contributed by atoms with Crippen molar-refractivity contribution in [3.63, 3.8) is 0 Å². The summed E-state index contributed by atoms with van der Waals surface area (Å²) in [5.74, 6) is 1.63. The Morgan fingerprint density at radius 2 is 1.90 bits per heavy atom. The molecule has 1 aliphatic rings. The molecule has 0 bridgehead atoms. The van der Waals surface area contributed by atoms with Crippen molar-refractivity contribution in [2.75, 3.05) is 13.6 Å². The highest BCUT2D eigenvalue weighted by atomic mass is 32.1. The summed E-state index contributed by atoms with van der Waals surface area (Å²) in [4.78, 5) is 4.87. The van der Waals surface area contributed by atoms with Crippen molar-refractivity contribution >= 4 is 11.3 Å². The number of hydrogen-bond donors (Lipinski definition) is 1. The van der Waals surface area contributed by atoms with Gasteiger partial charge in [-0.1, -0.05) is 43.2 Å². The lowest BCUT2D eigenvalue weighted by Gasteiger charge is -2.31. The number of benzene rings is 1. The minimum Gasteiger partial charge on any atom is -0.319 e. The second-order valence-corrected chi connectivity index (χ2v) is 7.00. The van der Waals surface area contributed by atoms with E-state index in [0.717, 1.165) is 30.5 Å². The number of nitrogens with zero attached hydrogens (tertiary/aromatic N) is 1. The van der Waals surface area contributed by atoms with E-state index >= 15 is 0 Å². The summed E-state index contributed by atoms with van der Waals surface area (Å²) in [5, 5.41) is 6.88. The van der Waals surface area contributed by atoms with Gasteiger partial charge in [-0.25, -0.2) is 4.98 Å². The average molecular weight is 300 g/mol. The summed E-state index contributed by atoms with van der Waals surface area (Å²) < 4.78 is 0. The van der Waals surface area contributed by atoms with Gasteiger partial charge in [0.05, 0.1) is 10.7 Å². The van der Waals surface area contributed by atoms with Crippen molar-refractivity contribution in [3.8, 4) is 11.3 Å². The van der Waals surface area contributed by atoms with E-state index in [-0.39, 0.29) is 0 Å². The first kappa shape index (κ1) is 14.7. The fourth-order valence-electron chi connectivity index (χ4n) is 3.45. The second-order valence-electron chi connectivity index (χ2n) is 6.06. The summed E-state index contributed by atoms with van der Waals surface area (Å²) >= 11 is 1.83. The molecule has 1 aromatic heterocycles. The van der Waals surface area contributed by atoms with Crippen LogP contribution in [0.1, 0.15) is 30.7 Å². The van der Waals surface area contributed by atoms with E-state index < -0.39 is 0 Å². The topological polar surface area (TPSA) is 24.9 Å². The van der Waals surface area contributed by atoms with E-state index in [1.807, 2.05) is 11.3 Å². The van der Waals surface area contributed by atoms with Crippen molar-refractivity contribution in [2.45, 2.75) is 32.1 Å². The van der Waals surface area contributed by atoms with Crippen LogP contribution in [0.2, 0.25) is 0 Å². The third-order valence-electron chi connectivity index (χ3n) is 4.59. The molecular weight excluding hydrogens is 276 g/mol. The largest absolute Gasteiger partial charge is 0.319 e. The van der Waals surface area contributed by atoms with Crippen LogP contribution in [0.15, 0.2) is 35.7 Å². The maximum atomic E-state index is 4.87. The smallest absolute Gasteiger partial charge is 0.0935 e. The predicted molar refractivity (Wildman–Crippen MR) is 90.6 cm³/mol. The van der Waals surface area contributed by atoms with Gasteiger partial charge in [0, 0.05) is 17.4 Å². The fraction of sp³-hybridized carbons (Fsp3) is 0.500. The molecule has 0 saturated heterocycles. The van der Waals surface area contributed by atoms with Gasteiger partial charge in [-0.3, -0.25) is 0 Å². The molecule has 1 N–H and O–H groups in total. The average Bonchev–Trinajstić information content (AvgIpc) is 2.99. The maximum Gasteiger partial charge on any atom is 0.0935 e. The highest BCUT2D eigenvalue weighted by Gasteiger charge is 2.25. The molecule has 2 unspecified atom stereocenters. The zero-order chi connectivity index (χ0) is 14.5. The predicted octanol–water partition coefficient (Wildman–Crippen LogP) is 4.38. The summed E-state index contributed by atoms with van der Waals surface area (Å²) in [6.07, 6.45) is 6.69. The molecule has 1 fully saturated rings. The number of rotatable bonds is 5. The molecule has 0 aliphatic heterocycles. The summed E-state index contributed by atoms with van der Waals surface area (Å²) in [7, 11) is 2.07. The molecule has 2 nitrogen and oxygen atoms in total. The molecule has 3 heteroatoms. The Hall–Kier alpha value is -1.19. The molecule has 0 spiro atoms. The minimum absolute atomic E-state index is 0.806. The van der Waals surface area contributed by atoms with Crippen molar-refractivity contribution in [3.05, 3.63) is 40.7 Å². The molecule has 1 heterocycles. The second kappa shape index (κ2) is 7.19. The molecule has 21 heavy (non-hydrogen) atoms. The highest BCUT2D eigenvalue weighted by molar-refractivity contribution is 7.09. The third kappa shape index (κ3) is 3.72. The molecule has 1 saturated carbocycles. The number of nitrogens with one attached hydrogen (secondary N) is 1. The zero-order valence-corrected chi connectivity index (χ0v) is 13.5. The zero-order valence-electron chi connectivity index (χ0n) is 12.7. The van der Waals surface area contributed by atoms with E-state index in [1.54, 1.807) is 0 Å². The van der Waals surface area contributed by atoms with E-state index in [9.17, 15) is 0 Å². The Kier molecular flexibility index (Phi) is 5.04. The van der Waals surface area contributed by atoms with Crippen molar-refractivity contribution < 1.29 is 0 Å². The molecule has 0 radical (unpaired) electrons. The molecule has 2 aromatic rings. The summed E-state index contributed by atoms with van der Waals surface area (Å²) in [6, 6.07) is 10.5. The van der Waals surface area contributed by atoms with Gasteiger partial charge >= 0.3 is 0 Å². The molecule has 112 valence electrons. The lowest BCUT2D eigenvalue weighted by Crippen LogP contribution is -2.29. The normalized spacial score (nSPS) is 22.3. The Morgan fingerprint density at radius 1 is 1.14 bits per heavy atom. The highest BCUT2D eigenvalue weighted by Crippen LogP contribution is 2.33. The van der Waals surface area contributed by atoms with Crippen LogP contribution in [0, 0.1) is 11.8 Å². The van der Waals surface area contributed by atoms with Gasteiger partial charge in [0.1, 0.15) is 0 Å². The molecule has 1 aromatic carbocycles. The lowest BCUT2D eigenvalue weighted by atomic mass is 9.77. The van der Waals surface area contributed by atoms with Crippen LogP contribution in [0.5, 0.6) is 0 Å². The fourth-order valence-corrected chi connectivity index (χ4v) is 4.35. The van der Waals surface area contributed by atoms with Crippen molar-refractivity contribution in [2.24, 2.45) is 11.8 Å². The monoisotopic (exact) mass is 300 g/mol. The van der Waals surface area contributed by atoms with E-state index in [2.05, 4.69) is 48.1 Å². The lowest BCUT2D eigenvalue weighted by molar-refractivity contribution is 0.232. The molecule has 1 aliphatic carbocycles. The molecule has 3 rings (SSSR count). The first-order valence-corrected chi connectivity index (χ1v) is 8.89. The van der Waals surface area contributed by atoms with Gasteiger partial charge in [0.15, 0.2) is 0 Å².